The Hall–Kier alpha value is -4.60. The van der Waals surface area contributed by atoms with Gasteiger partial charge in [0.2, 0.25) is 0 Å². The van der Waals surface area contributed by atoms with Crippen molar-refractivity contribution in [2.75, 3.05) is 13.3 Å². The van der Waals surface area contributed by atoms with Crippen molar-refractivity contribution >= 4 is 46.7 Å². The van der Waals surface area contributed by atoms with E-state index in [2.05, 4.69) is 0 Å². The number of halogens is 2. The average Bonchev–Trinajstić information content (AvgIpc) is 3.05. The zero-order valence-electron chi connectivity index (χ0n) is 23.0. The highest BCUT2D eigenvalue weighted by Crippen LogP contribution is 2.52. The van der Waals surface area contributed by atoms with Crippen molar-refractivity contribution in [1.82, 2.24) is 0 Å². The molecule has 0 radical (unpaired) electrons. The molecule has 5 aromatic carbocycles. The quantitative estimate of drug-likeness (QED) is 0.188. The number of hydrogen-bond donors (Lipinski definition) is 0. The molecule has 0 N–H and O–H groups in total. The van der Waals surface area contributed by atoms with Crippen LogP contribution in [-0.2, 0) is 0 Å². The molecule has 0 unspecified atom stereocenters. The highest BCUT2D eigenvalue weighted by Gasteiger charge is 2.30. The van der Waals surface area contributed by atoms with Gasteiger partial charge in [-0.2, -0.15) is 10.5 Å². The van der Waals surface area contributed by atoms with Gasteiger partial charge < -0.3 is 0 Å². The molecule has 0 saturated heterocycles. The van der Waals surface area contributed by atoms with Crippen LogP contribution in [0.2, 0.25) is 0 Å². The normalized spacial score (nSPS) is 11.3. The van der Waals surface area contributed by atoms with E-state index >= 15 is 8.78 Å². The molecule has 0 fully saturated rings. The lowest BCUT2D eigenvalue weighted by Gasteiger charge is -2.24. The molecule has 0 aliphatic heterocycles. The number of nitriles is 2. The third kappa shape index (κ3) is 5.24. The van der Waals surface area contributed by atoms with Gasteiger partial charge in [-0.05, 0) is 34.5 Å². The van der Waals surface area contributed by atoms with Gasteiger partial charge in [-0.25, -0.2) is 8.78 Å². The van der Waals surface area contributed by atoms with Gasteiger partial charge in [0.15, 0.2) is 11.6 Å². The molecule has 42 heavy (non-hydrogen) atoms. The van der Waals surface area contributed by atoms with E-state index in [1.807, 2.05) is 135 Å². The Morgan fingerprint density at radius 3 is 0.976 bits per heavy atom. The molecule has 0 aliphatic carbocycles. The third-order valence-electron chi connectivity index (χ3n) is 7.19. The summed E-state index contributed by atoms with van der Waals surface area (Å²) in [7, 11) is -5.48. The molecular weight excluding hydrogens is 564 g/mol. The van der Waals surface area contributed by atoms with Gasteiger partial charge in [0.1, 0.15) is 34.6 Å². The summed E-state index contributed by atoms with van der Waals surface area (Å²) >= 11 is 0. The third-order valence-corrected chi connectivity index (χ3v) is 13.6. The molecule has 5 rings (SSSR count). The lowest BCUT2D eigenvalue weighted by molar-refractivity contribution is 0.598. The summed E-state index contributed by atoms with van der Waals surface area (Å²) in [4.78, 5) is 0. The number of hydrogen-bond acceptors (Lipinski definition) is 4. The van der Waals surface area contributed by atoms with Gasteiger partial charge in [-0.1, -0.05) is 121 Å². The van der Waals surface area contributed by atoms with Crippen LogP contribution in [0.5, 0.6) is 0 Å². The SMILES string of the molecule is CP(=Nc1c(F)c(N=P(C)(c2ccccc2)c2ccccc2)c(C#N)c(F)c1C#N)(c1ccccc1)c1ccccc1. The van der Waals surface area contributed by atoms with Crippen molar-refractivity contribution in [1.29, 1.82) is 10.5 Å². The summed E-state index contributed by atoms with van der Waals surface area (Å²) in [5.74, 6) is -2.11. The number of nitrogens with zero attached hydrogens (tertiary/aromatic N) is 4. The van der Waals surface area contributed by atoms with E-state index in [9.17, 15) is 10.5 Å². The molecule has 4 nitrogen and oxygen atoms in total. The fourth-order valence-electron chi connectivity index (χ4n) is 4.86. The maximum Gasteiger partial charge on any atom is 0.177 e. The van der Waals surface area contributed by atoms with Crippen LogP contribution >= 0.6 is 14.1 Å². The van der Waals surface area contributed by atoms with Gasteiger partial charge in [-0.3, -0.25) is 9.49 Å². The van der Waals surface area contributed by atoms with Crippen LogP contribution < -0.4 is 21.2 Å². The van der Waals surface area contributed by atoms with E-state index in [4.69, 9.17) is 9.49 Å². The summed E-state index contributed by atoms with van der Waals surface area (Å²) in [6, 6.07) is 41.1. The van der Waals surface area contributed by atoms with Gasteiger partial charge >= 0.3 is 0 Å². The molecule has 0 aliphatic rings. The molecule has 0 bridgehead atoms. The minimum Gasteiger partial charge on any atom is -0.254 e. The van der Waals surface area contributed by atoms with Gasteiger partial charge in [0.25, 0.3) is 0 Å². The Labute approximate surface area is 244 Å². The molecule has 5 aromatic rings. The van der Waals surface area contributed by atoms with E-state index in [0.717, 1.165) is 21.2 Å². The molecule has 0 atom stereocenters. The Kier molecular flexibility index (Phi) is 8.33. The van der Waals surface area contributed by atoms with Crippen LogP contribution in [0.4, 0.5) is 20.2 Å². The summed E-state index contributed by atoms with van der Waals surface area (Å²) in [6.45, 7) is 3.80. The van der Waals surface area contributed by atoms with Crippen molar-refractivity contribution in [3.05, 3.63) is 144 Å². The van der Waals surface area contributed by atoms with Crippen LogP contribution in [-0.4, -0.2) is 13.3 Å². The van der Waals surface area contributed by atoms with E-state index in [-0.39, 0.29) is 0 Å². The van der Waals surface area contributed by atoms with Crippen molar-refractivity contribution in [3.8, 4) is 12.1 Å². The standard InChI is InChI=1S/C34H26F2N4P2/c1-41(25-15-7-3-8-16-25,26-17-9-4-10-18-26)39-33-29(23-37)31(35)30(24-38)34(32(33)36)40-42(2,27-19-11-5-12-20-27)28-21-13-6-14-22-28/h3-22H,1-2H3. The minimum absolute atomic E-state index is 0.427. The van der Waals surface area contributed by atoms with Gasteiger partial charge in [0.05, 0.1) is 0 Å². The highest BCUT2D eigenvalue weighted by atomic mass is 31.2. The van der Waals surface area contributed by atoms with Crippen molar-refractivity contribution in [3.63, 3.8) is 0 Å². The van der Waals surface area contributed by atoms with E-state index in [1.165, 1.54) is 0 Å². The van der Waals surface area contributed by atoms with Crippen LogP contribution in [0, 0.1) is 34.3 Å². The second kappa shape index (κ2) is 12.1. The fourth-order valence-corrected chi connectivity index (χ4v) is 10.1. The number of rotatable bonds is 6. The second-order valence-corrected chi connectivity index (χ2v) is 16.1. The Morgan fingerprint density at radius 1 is 0.476 bits per heavy atom. The maximum absolute atomic E-state index is 16.9. The van der Waals surface area contributed by atoms with Crippen molar-refractivity contribution in [2.45, 2.75) is 0 Å². The molecule has 0 spiro atoms. The zero-order valence-corrected chi connectivity index (χ0v) is 24.8. The van der Waals surface area contributed by atoms with E-state index in [1.54, 1.807) is 12.1 Å². The Bertz CT molecular complexity index is 1720. The lowest BCUT2D eigenvalue weighted by Crippen LogP contribution is -2.15. The van der Waals surface area contributed by atoms with Gasteiger partial charge in [0, 0.05) is 14.1 Å². The lowest BCUT2D eigenvalue weighted by atomic mass is 10.1. The highest BCUT2D eigenvalue weighted by molar-refractivity contribution is 7.80. The van der Waals surface area contributed by atoms with Crippen LogP contribution in [0.25, 0.3) is 0 Å². The predicted molar refractivity (Wildman–Crippen MR) is 170 cm³/mol. The largest absolute Gasteiger partial charge is 0.254 e. The second-order valence-electron chi connectivity index (χ2n) is 9.76. The van der Waals surface area contributed by atoms with Crippen LogP contribution in [0.15, 0.2) is 131 Å². The molecule has 0 saturated carbocycles. The minimum atomic E-state index is -2.74. The summed E-state index contributed by atoms with van der Waals surface area (Å²) in [5, 5.41) is 23.4. The van der Waals surface area contributed by atoms with E-state index < -0.39 is 48.2 Å². The molecule has 8 heteroatoms. The first-order valence-electron chi connectivity index (χ1n) is 13.1. The number of benzene rings is 5. The predicted octanol–water partition coefficient (Wildman–Crippen LogP) is 7.94. The maximum atomic E-state index is 16.9. The first-order valence-corrected chi connectivity index (χ1v) is 17.5. The first-order chi connectivity index (χ1) is 20.3. The van der Waals surface area contributed by atoms with E-state index in [0.29, 0.717) is 0 Å². The Morgan fingerprint density at radius 2 is 0.738 bits per heavy atom. The van der Waals surface area contributed by atoms with Crippen molar-refractivity contribution in [2.24, 2.45) is 9.49 Å². The molecule has 0 aromatic heterocycles. The molecule has 0 heterocycles. The van der Waals surface area contributed by atoms with Crippen molar-refractivity contribution < 1.29 is 8.78 Å². The molecular formula is C34H26F2N4P2. The Balaban J connectivity index is 1.92. The summed E-state index contributed by atoms with van der Waals surface area (Å²) in [5.41, 5.74) is -2.07. The molecule has 206 valence electrons. The average molecular weight is 591 g/mol. The smallest absolute Gasteiger partial charge is 0.177 e. The van der Waals surface area contributed by atoms with Crippen LogP contribution in [0.3, 0.4) is 0 Å². The fraction of sp³-hybridized carbons (Fsp3) is 0.0588. The van der Waals surface area contributed by atoms with Crippen LogP contribution in [0.1, 0.15) is 11.1 Å². The van der Waals surface area contributed by atoms with Gasteiger partial charge in [-0.15, -0.1) is 0 Å². The first kappa shape index (κ1) is 28.9. The zero-order chi connectivity index (χ0) is 29.7. The summed E-state index contributed by atoms with van der Waals surface area (Å²) < 4.78 is 42.7. The summed E-state index contributed by atoms with van der Waals surface area (Å²) in [6.07, 6.45) is 0. The monoisotopic (exact) mass is 590 g/mol. The molecule has 0 amide bonds. The topological polar surface area (TPSA) is 72.3 Å².